The van der Waals surface area contributed by atoms with Crippen LogP contribution in [-0.4, -0.2) is 23.0 Å². The van der Waals surface area contributed by atoms with Gasteiger partial charge >= 0.3 is 5.97 Å². The van der Waals surface area contributed by atoms with Crippen molar-refractivity contribution in [2.24, 2.45) is 0 Å². The average molecular weight is 332 g/mol. The molecule has 2 N–H and O–H groups in total. The van der Waals surface area contributed by atoms with E-state index < -0.39 is 17.8 Å². The van der Waals surface area contributed by atoms with E-state index in [0.29, 0.717) is 18.4 Å². The molecule has 0 saturated heterocycles. The first-order valence-electron chi connectivity index (χ1n) is 5.90. The minimum absolute atomic E-state index is 0.0202. The van der Waals surface area contributed by atoms with Gasteiger partial charge in [0.1, 0.15) is 11.9 Å². The Morgan fingerprint density at radius 2 is 2.16 bits per heavy atom. The number of benzene rings is 1. The maximum absolute atomic E-state index is 13.0. The molecule has 1 unspecified atom stereocenters. The highest BCUT2D eigenvalue weighted by Gasteiger charge is 2.18. The first-order valence-corrected chi connectivity index (χ1v) is 6.69. The van der Waals surface area contributed by atoms with Gasteiger partial charge in [-0.3, -0.25) is 4.79 Å². The van der Waals surface area contributed by atoms with Gasteiger partial charge in [0, 0.05) is 0 Å². The molecule has 1 rings (SSSR count). The van der Waals surface area contributed by atoms with Gasteiger partial charge in [-0.25, -0.2) is 9.18 Å². The largest absolute Gasteiger partial charge is 0.480 e. The second-order valence-corrected chi connectivity index (χ2v) is 5.03. The number of rotatable bonds is 6. The van der Waals surface area contributed by atoms with E-state index >= 15 is 0 Å². The molecule has 1 atom stereocenters. The van der Waals surface area contributed by atoms with Crippen molar-refractivity contribution in [1.82, 2.24) is 5.32 Å². The van der Waals surface area contributed by atoms with Crippen LogP contribution in [0.5, 0.6) is 0 Å². The molecular formula is C13H15BrFNO3. The monoisotopic (exact) mass is 331 g/mol. The molecule has 19 heavy (non-hydrogen) atoms. The van der Waals surface area contributed by atoms with Crippen LogP contribution in [0.2, 0.25) is 0 Å². The number of carbonyl (C=O) groups is 2. The molecule has 0 bridgehead atoms. The summed E-state index contributed by atoms with van der Waals surface area (Å²) in [6, 6.07) is 3.38. The Morgan fingerprint density at radius 1 is 1.47 bits per heavy atom. The molecule has 0 aromatic heterocycles. The van der Waals surface area contributed by atoms with Gasteiger partial charge in [-0.2, -0.15) is 0 Å². The van der Waals surface area contributed by atoms with Crippen LogP contribution in [0.3, 0.4) is 0 Å². The van der Waals surface area contributed by atoms with Crippen molar-refractivity contribution >= 4 is 27.8 Å². The Hall–Kier alpha value is -1.43. The van der Waals surface area contributed by atoms with Gasteiger partial charge in [0.2, 0.25) is 5.91 Å². The minimum atomic E-state index is -1.05. The summed E-state index contributed by atoms with van der Waals surface area (Å²) in [6.45, 7) is 1.85. The van der Waals surface area contributed by atoms with E-state index in [-0.39, 0.29) is 16.8 Å². The third-order valence-electron chi connectivity index (χ3n) is 2.56. The van der Waals surface area contributed by atoms with Gasteiger partial charge in [-0.15, -0.1) is 0 Å². The summed E-state index contributed by atoms with van der Waals surface area (Å²) in [5.74, 6) is -1.84. The molecule has 6 heteroatoms. The predicted octanol–water partition coefficient (Wildman–Crippen LogP) is 2.50. The summed E-state index contributed by atoms with van der Waals surface area (Å²) in [7, 11) is 0. The van der Waals surface area contributed by atoms with Crippen LogP contribution in [0, 0.1) is 5.82 Å². The van der Waals surface area contributed by atoms with E-state index in [2.05, 4.69) is 21.2 Å². The number of hydrogen-bond acceptors (Lipinski definition) is 2. The lowest BCUT2D eigenvalue weighted by molar-refractivity contribution is -0.141. The normalized spacial score (nSPS) is 11.9. The minimum Gasteiger partial charge on any atom is -0.480 e. The molecule has 1 aromatic rings. The van der Waals surface area contributed by atoms with Crippen LogP contribution in [0.25, 0.3) is 0 Å². The number of carboxylic acid groups (broad SMARTS) is 1. The topological polar surface area (TPSA) is 66.4 Å². The Balaban J connectivity index is 2.63. The zero-order valence-corrected chi connectivity index (χ0v) is 12.0. The number of halogens is 2. The third kappa shape index (κ3) is 4.98. The standard InChI is InChI=1S/C13H15BrFNO3/c1-2-3-11(13(18)19)16-12(17)7-8-4-5-10(15)9(14)6-8/h4-6,11H,2-3,7H2,1H3,(H,16,17)(H,18,19). The van der Waals surface area contributed by atoms with Crippen molar-refractivity contribution in [3.05, 3.63) is 34.1 Å². The molecule has 0 spiro atoms. The number of carboxylic acids is 1. The summed E-state index contributed by atoms with van der Waals surface area (Å²) in [5, 5.41) is 11.4. The van der Waals surface area contributed by atoms with Crippen molar-refractivity contribution in [3.63, 3.8) is 0 Å². The second-order valence-electron chi connectivity index (χ2n) is 4.17. The van der Waals surface area contributed by atoms with Gasteiger partial charge < -0.3 is 10.4 Å². The highest BCUT2D eigenvalue weighted by atomic mass is 79.9. The van der Waals surface area contributed by atoms with E-state index in [9.17, 15) is 14.0 Å². The van der Waals surface area contributed by atoms with E-state index in [1.807, 2.05) is 6.92 Å². The van der Waals surface area contributed by atoms with Crippen LogP contribution >= 0.6 is 15.9 Å². The van der Waals surface area contributed by atoms with E-state index in [1.165, 1.54) is 18.2 Å². The number of amides is 1. The van der Waals surface area contributed by atoms with Gasteiger partial charge in [-0.1, -0.05) is 19.4 Å². The van der Waals surface area contributed by atoms with Crippen molar-refractivity contribution in [2.45, 2.75) is 32.2 Å². The van der Waals surface area contributed by atoms with Crippen LogP contribution in [0.4, 0.5) is 4.39 Å². The number of nitrogens with one attached hydrogen (secondary N) is 1. The summed E-state index contributed by atoms with van der Waals surface area (Å²) < 4.78 is 13.3. The molecule has 0 aliphatic rings. The molecule has 0 radical (unpaired) electrons. The molecule has 0 aliphatic heterocycles. The summed E-state index contributed by atoms with van der Waals surface area (Å²) in [5.41, 5.74) is 0.617. The van der Waals surface area contributed by atoms with Crippen molar-refractivity contribution in [1.29, 1.82) is 0 Å². The quantitative estimate of drug-likeness (QED) is 0.841. The maximum Gasteiger partial charge on any atom is 0.326 e. The molecule has 104 valence electrons. The Morgan fingerprint density at radius 3 is 2.68 bits per heavy atom. The molecule has 4 nitrogen and oxygen atoms in total. The maximum atomic E-state index is 13.0. The van der Waals surface area contributed by atoms with Crippen LogP contribution in [-0.2, 0) is 16.0 Å². The van der Waals surface area contributed by atoms with Gasteiger partial charge in [0.15, 0.2) is 0 Å². The lowest BCUT2D eigenvalue weighted by atomic mass is 10.1. The molecule has 1 amide bonds. The summed E-state index contributed by atoms with van der Waals surface area (Å²) in [6.07, 6.45) is 1.07. The average Bonchev–Trinajstić information content (AvgIpc) is 2.33. The molecular weight excluding hydrogens is 317 g/mol. The summed E-state index contributed by atoms with van der Waals surface area (Å²) >= 11 is 3.03. The zero-order valence-electron chi connectivity index (χ0n) is 10.5. The van der Waals surface area contributed by atoms with E-state index in [4.69, 9.17) is 5.11 Å². The Kier molecular flexibility index (Phi) is 5.95. The second kappa shape index (κ2) is 7.23. The van der Waals surface area contributed by atoms with Crippen LogP contribution < -0.4 is 5.32 Å². The molecule has 0 saturated carbocycles. The molecule has 0 heterocycles. The number of carbonyl (C=O) groups excluding carboxylic acids is 1. The highest BCUT2D eigenvalue weighted by Crippen LogP contribution is 2.17. The van der Waals surface area contributed by atoms with Gasteiger partial charge in [0.25, 0.3) is 0 Å². The van der Waals surface area contributed by atoms with Crippen LogP contribution in [0.15, 0.2) is 22.7 Å². The molecule has 1 aromatic carbocycles. The van der Waals surface area contributed by atoms with Crippen LogP contribution in [0.1, 0.15) is 25.3 Å². The lowest BCUT2D eigenvalue weighted by Gasteiger charge is -2.13. The fourth-order valence-electron chi connectivity index (χ4n) is 1.63. The smallest absolute Gasteiger partial charge is 0.326 e. The van der Waals surface area contributed by atoms with Crippen molar-refractivity contribution < 1.29 is 19.1 Å². The molecule has 0 aliphatic carbocycles. The fourth-order valence-corrected chi connectivity index (χ4v) is 2.05. The Labute approximate surface area is 119 Å². The fraction of sp³-hybridized carbons (Fsp3) is 0.385. The first-order chi connectivity index (χ1) is 8.93. The predicted molar refractivity (Wildman–Crippen MR) is 72.3 cm³/mol. The van der Waals surface area contributed by atoms with Crippen molar-refractivity contribution in [3.8, 4) is 0 Å². The lowest BCUT2D eigenvalue weighted by Crippen LogP contribution is -2.41. The zero-order chi connectivity index (χ0) is 14.4. The first kappa shape index (κ1) is 15.6. The highest BCUT2D eigenvalue weighted by molar-refractivity contribution is 9.10. The Bertz CT molecular complexity index is 479. The summed E-state index contributed by atoms with van der Waals surface area (Å²) in [4.78, 5) is 22.6. The van der Waals surface area contributed by atoms with Gasteiger partial charge in [-0.05, 0) is 40.0 Å². The van der Waals surface area contributed by atoms with E-state index in [0.717, 1.165) is 0 Å². The number of aliphatic carboxylic acids is 1. The third-order valence-corrected chi connectivity index (χ3v) is 3.17. The number of hydrogen-bond donors (Lipinski definition) is 2. The van der Waals surface area contributed by atoms with E-state index in [1.54, 1.807) is 0 Å². The van der Waals surface area contributed by atoms with Crippen molar-refractivity contribution in [2.75, 3.05) is 0 Å². The SMILES string of the molecule is CCCC(NC(=O)Cc1ccc(F)c(Br)c1)C(=O)O. The molecule has 0 fully saturated rings. The van der Waals surface area contributed by atoms with Gasteiger partial charge in [0.05, 0.1) is 10.9 Å².